The molecule has 6 rings (SSSR count). The van der Waals surface area contributed by atoms with Crippen molar-refractivity contribution < 1.29 is 27.0 Å². The molecule has 3 aliphatic rings. The van der Waals surface area contributed by atoms with E-state index in [0.717, 1.165) is 60.6 Å². The molecule has 0 saturated carbocycles. The van der Waals surface area contributed by atoms with Gasteiger partial charge in [-0.25, -0.2) is 0 Å². The average Bonchev–Trinajstić information content (AvgIpc) is 3.41. The fraction of sp³-hybridized carbons (Fsp3) is 0.192. The fourth-order valence-corrected chi connectivity index (χ4v) is 6.39. The van der Waals surface area contributed by atoms with Gasteiger partial charge in [0.15, 0.2) is 5.70 Å². The Balaban J connectivity index is 1.71. The van der Waals surface area contributed by atoms with Crippen LogP contribution in [0.4, 0.5) is 13.2 Å². The second kappa shape index (κ2) is 7.65. The number of nitrogens with zero attached hydrogens (tertiary/aromatic N) is 2. The van der Waals surface area contributed by atoms with Gasteiger partial charge in [0, 0.05) is 28.4 Å². The third kappa shape index (κ3) is 2.97. The first-order chi connectivity index (χ1) is 17.0. The van der Waals surface area contributed by atoms with Gasteiger partial charge >= 0.3 is 13.0 Å². The molecule has 36 heavy (non-hydrogen) atoms. The van der Waals surface area contributed by atoms with Gasteiger partial charge in [-0.15, -0.1) is 0 Å². The third-order valence-corrected chi connectivity index (χ3v) is 9.58. The van der Waals surface area contributed by atoms with Crippen LogP contribution in [-0.4, -0.2) is 21.5 Å². The van der Waals surface area contributed by atoms with Gasteiger partial charge in [0.25, 0.3) is 0 Å². The maximum atomic E-state index is 13.4. The quantitative estimate of drug-likeness (QED) is 0.263. The van der Waals surface area contributed by atoms with Crippen molar-refractivity contribution in [2.24, 2.45) is 0 Å². The molecule has 3 aromatic rings. The summed E-state index contributed by atoms with van der Waals surface area (Å²) in [6.07, 6.45) is -4.41. The van der Waals surface area contributed by atoms with E-state index in [1.54, 1.807) is 0 Å². The van der Waals surface area contributed by atoms with Crippen LogP contribution >= 0.6 is 31.9 Å². The highest BCUT2D eigenvalue weighted by Crippen LogP contribution is 2.51. The van der Waals surface area contributed by atoms with Crippen molar-refractivity contribution in [3.05, 3.63) is 96.8 Å². The molecular formula is C26H20BBr2F3N2O2. The van der Waals surface area contributed by atoms with Crippen molar-refractivity contribution in [2.75, 3.05) is 0 Å². The summed E-state index contributed by atoms with van der Waals surface area (Å²) in [4.78, 5) is 0. The van der Waals surface area contributed by atoms with Crippen LogP contribution in [0.2, 0.25) is 0 Å². The lowest BCUT2D eigenvalue weighted by Crippen LogP contribution is -2.65. The van der Waals surface area contributed by atoms with E-state index in [1.807, 2.05) is 52.0 Å². The minimum absolute atomic E-state index is 0.635. The second-order valence-corrected chi connectivity index (χ2v) is 10.8. The Labute approximate surface area is 223 Å². The Hall–Kier alpha value is -2.72. The van der Waals surface area contributed by atoms with Crippen molar-refractivity contribution in [3.8, 4) is 11.5 Å². The second-order valence-electron chi connectivity index (χ2n) is 9.25. The minimum Gasteiger partial charge on any atom is -0.599 e. The summed E-state index contributed by atoms with van der Waals surface area (Å²) in [5.74, 6) is 1.27. The van der Waals surface area contributed by atoms with Crippen LogP contribution in [0.1, 0.15) is 41.9 Å². The standard InChI is InChI=1S/C26H20BBr2F3N2O2/c1-13-22(28)15(3)33-24(13)21(17-9-11-18(12-10-17)26(30,31)32)25-14(2)23(29)16(4)34(25)27(33)35-19-7-5-6-8-20(19)36-27/h5-12H,1-4H3. The molecule has 0 fully saturated rings. The van der Waals surface area contributed by atoms with Crippen molar-refractivity contribution >= 4 is 50.0 Å². The summed E-state index contributed by atoms with van der Waals surface area (Å²) >= 11 is 7.49. The van der Waals surface area contributed by atoms with E-state index in [2.05, 4.69) is 40.8 Å². The number of aromatic nitrogens is 1. The van der Waals surface area contributed by atoms with Crippen molar-refractivity contribution in [3.63, 3.8) is 0 Å². The first-order valence-corrected chi connectivity index (χ1v) is 13.0. The van der Waals surface area contributed by atoms with Crippen molar-refractivity contribution in [1.82, 2.24) is 4.48 Å². The van der Waals surface area contributed by atoms with E-state index in [1.165, 1.54) is 12.1 Å². The lowest BCUT2D eigenvalue weighted by molar-refractivity contribution is -0.369. The maximum Gasteiger partial charge on any atom is 0.780 e. The molecule has 10 heteroatoms. The number of halogens is 5. The van der Waals surface area contributed by atoms with Gasteiger partial charge in [-0.05, 0) is 88.0 Å². The summed E-state index contributed by atoms with van der Waals surface area (Å²) in [6, 6.07) is 12.9. The molecule has 0 amide bonds. The summed E-state index contributed by atoms with van der Waals surface area (Å²) in [5.41, 5.74) is 6.18. The average molecular weight is 620 g/mol. The molecule has 4 heterocycles. The lowest BCUT2D eigenvalue weighted by Gasteiger charge is -2.39. The van der Waals surface area contributed by atoms with Crippen LogP contribution in [0, 0.1) is 13.8 Å². The zero-order chi connectivity index (χ0) is 25.7. The number of allylic oxidation sites excluding steroid dienone is 2. The van der Waals surface area contributed by atoms with Crippen LogP contribution < -0.4 is 9.31 Å². The summed E-state index contributed by atoms with van der Waals surface area (Å²) in [6.45, 7) is 5.65. The highest BCUT2D eigenvalue weighted by molar-refractivity contribution is 9.12. The molecule has 0 saturated heterocycles. The Kier molecular flexibility index (Phi) is 5.03. The predicted octanol–water partition coefficient (Wildman–Crippen LogP) is 7.57. The van der Waals surface area contributed by atoms with E-state index in [4.69, 9.17) is 9.31 Å². The number of alkyl halides is 3. The van der Waals surface area contributed by atoms with E-state index in [-0.39, 0.29) is 0 Å². The molecule has 1 spiro atoms. The van der Waals surface area contributed by atoms with E-state index < -0.39 is 18.6 Å². The molecular weight excluding hydrogens is 600 g/mol. The molecule has 3 aliphatic heterocycles. The molecule has 0 radical (unpaired) electrons. The van der Waals surface area contributed by atoms with Crippen LogP contribution in [0.15, 0.2) is 68.8 Å². The molecule has 1 aromatic heterocycles. The number of rotatable bonds is 1. The largest absolute Gasteiger partial charge is 0.780 e. The van der Waals surface area contributed by atoms with E-state index in [9.17, 15) is 13.2 Å². The molecule has 4 nitrogen and oxygen atoms in total. The number of hydrogen-bond acceptors (Lipinski definition) is 2. The van der Waals surface area contributed by atoms with Gasteiger partial charge in [-0.2, -0.15) is 13.2 Å². The van der Waals surface area contributed by atoms with Crippen molar-refractivity contribution in [2.45, 2.75) is 33.9 Å². The number of fused-ring (bicyclic) bond motifs is 5. The van der Waals surface area contributed by atoms with Crippen LogP contribution in [0.3, 0.4) is 0 Å². The Morgan fingerprint density at radius 1 is 0.889 bits per heavy atom. The van der Waals surface area contributed by atoms with Gasteiger partial charge in [0.05, 0.1) is 15.6 Å². The molecule has 0 aliphatic carbocycles. The number of hydrogen-bond donors (Lipinski definition) is 0. The molecule has 0 atom stereocenters. The van der Waals surface area contributed by atoms with Crippen LogP contribution in [0.25, 0.3) is 5.57 Å². The number of benzene rings is 2. The predicted molar refractivity (Wildman–Crippen MR) is 140 cm³/mol. The van der Waals surface area contributed by atoms with E-state index >= 15 is 0 Å². The maximum absolute atomic E-state index is 13.4. The van der Waals surface area contributed by atoms with Gasteiger partial charge in [0.1, 0.15) is 17.2 Å². The van der Waals surface area contributed by atoms with E-state index in [0.29, 0.717) is 17.1 Å². The molecule has 0 bridgehead atoms. The molecule has 2 aromatic carbocycles. The van der Waals surface area contributed by atoms with Crippen LogP contribution in [0.5, 0.6) is 11.5 Å². The molecule has 0 unspecified atom stereocenters. The monoisotopic (exact) mass is 618 g/mol. The fourth-order valence-electron chi connectivity index (χ4n) is 5.63. The highest BCUT2D eigenvalue weighted by atomic mass is 79.9. The minimum atomic E-state index is -4.41. The third-order valence-electron chi connectivity index (χ3n) is 7.25. The zero-order valence-electron chi connectivity index (χ0n) is 19.8. The zero-order valence-corrected chi connectivity index (χ0v) is 23.0. The smallest absolute Gasteiger partial charge is 0.599 e. The highest BCUT2D eigenvalue weighted by Gasteiger charge is 2.63. The normalized spacial score (nSPS) is 17.9. The Bertz CT molecular complexity index is 1560. The van der Waals surface area contributed by atoms with Crippen LogP contribution in [-0.2, 0) is 6.18 Å². The Morgan fingerprint density at radius 2 is 1.47 bits per heavy atom. The van der Waals surface area contributed by atoms with Gasteiger partial charge in [0.2, 0.25) is 0 Å². The Morgan fingerprint density at radius 3 is 2.03 bits per heavy atom. The topological polar surface area (TPSA) is 26.4 Å². The summed E-state index contributed by atoms with van der Waals surface area (Å²) in [7, 11) is 0. The summed E-state index contributed by atoms with van der Waals surface area (Å²) < 4.78 is 59.3. The first-order valence-electron chi connectivity index (χ1n) is 11.4. The molecule has 184 valence electrons. The summed E-state index contributed by atoms with van der Waals surface area (Å²) in [5, 5.41) is 0. The van der Waals surface area contributed by atoms with Gasteiger partial charge in [-0.3, -0.25) is 0 Å². The lowest BCUT2D eigenvalue weighted by atomic mass is 9.78. The SMILES string of the molecule is CC1=C(Br)C(C)=[N+]2C1=C(c1ccc(C(F)(F)F)cc1)c1c(C)c(Br)c(C)n1[B-]21Oc2ccccc2O1. The van der Waals surface area contributed by atoms with Crippen molar-refractivity contribution in [1.29, 1.82) is 0 Å². The van der Waals surface area contributed by atoms with Gasteiger partial charge in [-0.1, -0.05) is 24.3 Å². The van der Waals surface area contributed by atoms with Gasteiger partial charge < -0.3 is 18.3 Å². The number of para-hydroxylation sites is 2. The first kappa shape index (κ1) is 23.7. The molecule has 0 N–H and O–H groups in total.